The van der Waals surface area contributed by atoms with E-state index in [1.54, 1.807) is 0 Å². The lowest BCUT2D eigenvalue weighted by molar-refractivity contribution is 0.0670. The minimum absolute atomic E-state index is 0.283. The molecule has 0 bridgehead atoms. The zero-order valence-electron chi connectivity index (χ0n) is 12.2. The van der Waals surface area contributed by atoms with E-state index in [0.717, 1.165) is 39.0 Å². The second-order valence-electron chi connectivity index (χ2n) is 5.75. The smallest absolute Gasteiger partial charge is 0.226 e. The molecule has 0 spiro atoms. The third-order valence-electron chi connectivity index (χ3n) is 4.44. The number of aliphatic hydroxyl groups excluding tert-OH is 1. The Labute approximate surface area is 128 Å². The van der Waals surface area contributed by atoms with Gasteiger partial charge in [-0.15, -0.1) is 11.8 Å². The summed E-state index contributed by atoms with van der Waals surface area (Å²) in [5.74, 6) is 0.691. The SMILES string of the molecule is CSc1nc(N2CCN3C[C@H](CO)CC[C@H]3C2)ncc1F. The third kappa shape index (κ3) is 3.14. The molecule has 1 N–H and O–H groups in total. The number of anilines is 1. The van der Waals surface area contributed by atoms with Crippen LogP contribution >= 0.6 is 11.8 Å². The molecule has 0 radical (unpaired) electrons. The van der Waals surface area contributed by atoms with E-state index < -0.39 is 0 Å². The molecule has 3 rings (SSSR count). The lowest BCUT2D eigenvalue weighted by Crippen LogP contribution is -2.57. The van der Waals surface area contributed by atoms with E-state index in [-0.39, 0.29) is 12.4 Å². The van der Waals surface area contributed by atoms with Crippen LogP contribution in [0.1, 0.15) is 12.8 Å². The highest BCUT2D eigenvalue weighted by molar-refractivity contribution is 7.98. The summed E-state index contributed by atoms with van der Waals surface area (Å²) in [6.07, 6.45) is 5.26. The van der Waals surface area contributed by atoms with Crippen LogP contribution in [0.15, 0.2) is 11.2 Å². The number of piperazine rings is 1. The largest absolute Gasteiger partial charge is 0.396 e. The molecular formula is C14H21FN4OS. The molecule has 2 atom stereocenters. The van der Waals surface area contributed by atoms with E-state index in [1.807, 2.05) is 6.26 Å². The molecule has 1 aromatic heterocycles. The van der Waals surface area contributed by atoms with Gasteiger partial charge in [-0.2, -0.15) is 0 Å². The predicted octanol–water partition coefficient (Wildman–Crippen LogP) is 1.23. The summed E-state index contributed by atoms with van der Waals surface area (Å²) in [5.41, 5.74) is 0. The Hall–Kier alpha value is -0.920. The van der Waals surface area contributed by atoms with E-state index in [4.69, 9.17) is 0 Å². The minimum atomic E-state index is -0.353. The lowest BCUT2D eigenvalue weighted by Gasteiger charge is -2.46. The molecule has 116 valence electrons. The Kier molecular flexibility index (Phi) is 4.61. The van der Waals surface area contributed by atoms with Crippen molar-refractivity contribution < 1.29 is 9.50 Å². The van der Waals surface area contributed by atoms with E-state index in [0.29, 0.717) is 22.9 Å². The Morgan fingerprint density at radius 2 is 2.24 bits per heavy atom. The number of thioether (sulfide) groups is 1. The summed E-state index contributed by atoms with van der Waals surface area (Å²) < 4.78 is 13.5. The van der Waals surface area contributed by atoms with Gasteiger partial charge in [-0.1, -0.05) is 0 Å². The molecule has 5 nitrogen and oxygen atoms in total. The summed E-state index contributed by atoms with van der Waals surface area (Å²) in [5, 5.41) is 9.71. The molecule has 2 fully saturated rings. The van der Waals surface area contributed by atoms with Gasteiger partial charge in [0.1, 0.15) is 5.03 Å². The second-order valence-corrected chi connectivity index (χ2v) is 6.54. The van der Waals surface area contributed by atoms with Crippen molar-refractivity contribution in [3.8, 4) is 0 Å². The average Bonchev–Trinajstić information content (AvgIpc) is 2.54. The fourth-order valence-corrected chi connectivity index (χ4v) is 3.65. The Morgan fingerprint density at radius 1 is 1.38 bits per heavy atom. The van der Waals surface area contributed by atoms with Crippen molar-refractivity contribution in [2.45, 2.75) is 23.9 Å². The maximum absolute atomic E-state index is 13.5. The first-order valence-electron chi connectivity index (χ1n) is 7.37. The monoisotopic (exact) mass is 312 g/mol. The molecule has 2 aliphatic rings. The highest BCUT2D eigenvalue weighted by Gasteiger charge is 2.33. The van der Waals surface area contributed by atoms with Gasteiger partial charge in [0.2, 0.25) is 5.95 Å². The Bertz CT molecular complexity index is 504. The molecule has 7 heteroatoms. The summed E-state index contributed by atoms with van der Waals surface area (Å²) in [6, 6.07) is 0.493. The highest BCUT2D eigenvalue weighted by Crippen LogP contribution is 2.27. The normalized spacial score (nSPS) is 26.7. The number of halogens is 1. The zero-order chi connectivity index (χ0) is 14.8. The van der Waals surface area contributed by atoms with Gasteiger partial charge in [-0.25, -0.2) is 14.4 Å². The van der Waals surface area contributed by atoms with Crippen molar-refractivity contribution in [3.05, 3.63) is 12.0 Å². The predicted molar refractivity (Wildman–Crippen MR) is 81.2 cm³/mol. The molecule has 0 saturated carbocycles. The van der Waals surface area contributed by atoms with Crippen molar-refractivity contribution in [1.82, 2.24) is 14.9 Å². The molecular weight excluding hydrogens is 291 g/mol. The van der Waals surface area contributed by atoms with Crippen molar-refractivity contribution in [1.29, 1.82) is 0 Å². The highest BCUT2D eigenvalue weighted by atomic mass is 32.2. The molecule has 21 heavy (non-hydrogen) atoms. The van der Waals surface area contributed by atoms with Crippen molar-refractivity contribution >= 4 is 17.7 Å². The average molecular weight is 312 g/mol. The second kappa shape index (κ2) is 6.46. The van der Waals surface area contributed by atoms with Gasteiger partial charge in [-0.05, 0) is 25.0 Å². The number of piperidine rings is 1. The van der Waals surface area contributed by atoms with Gasteiger partial charge >= 0.3 is 0 Å². The summed E-state index contributed by atoms with van der Waals surface area (Å²) in [6.45, 7) is 3.96. The summed E-state index contributed by atoms with van der Waals surface area (Å²) in [7, 11) is 0. The Morgan fingerprint density at radius 3 is 3.00 bits per heavy atom. The Balaban J connectivity index is 1.69. The minimum Gasteiger partial charge on any atom is -0.396 e. The van der Waals surface area contributed by atoms with Crippen LogP contribution in [0.5, 0.6) is 0 Å². The fraction of sp³-hybridized carbons (Fsp3) is 0.714. The molecule has 2 aliphatic heterocycles. The van der Waals surface area contributed by atoms with Gasteiger partial charge < -0.3 is 10.0 Å². The quantitative estimate of drug-likeness (QED) is 0.669. The van der Waals surface area contributed by atoms with Gasteiger partial charge in [-0.3, -0.25) is 4.90 Å². The van der Waals surface area contributed by atoms with Crippen molar-refractivity contribution in [2.75, 3.05) is 43.9 Å². The third-order valence-corrected chi connectivity index (χ3v) is 5.11. The molecule has 0 aliphatic carbocycles. The van der Waals surface area contributed by atoms with Crippen LogP contribution in [0.3, 0.4) is 0 Å². The number of aromatic nitrogens is 2. The first kappa shape index (κ1) is 15.0. The topological polar surface area (TPSA) is 52.5 Å². The maximum Gasteiger partial charge on any atom is 0.226 e. The molecule has 2 saturated heterocycles. The molecule has 0 unspecified atom stereocenters. The summed E-state index contributed by atoms with van der Waals surface area (Å²) in [4.78, 5) is 13.1. The van der Waals surface area contributed by atoms with E-state index in [1.165, 1.54) is 18.0 Å². The zero-order valence-corrected chi connectivity index (χ0v) is 13.0. The van der Waals surface area contributed by atoms with Crippen LogP contribution in [0.25, 0.3) is 0 Å². The molecule has 3 heterocycles. The van der Waals surface area contributed by atoms with Crippen LogP contribution in [0, 0.1) is 11.7 Å². The van der Waals surface area contributed by atoms with Crippen LogP contribution in [-0.2, 0) is 0 Å². The maximum atomic E-state index is 13.5. The number of rotatable bonds is 3. The van der Waals surface area contributed by atoms with Crippen LogP contribution in [0.2, 0.25) is 0 Å². The van der Waals surface area contributed by atoms with Crippen LogP contribution < -0.4 is 4.90 Å². The molecule has 0 aromatic carbocycles. The first-order valence-corrected chi connectivity index (χ1v) is 8.60. The number of fused-ring (bicyclic) bond motifs is 1. The lowest BCUT2D eigenvalue weighted by atomic mass is 9.92. The fourth-order valence-electron chi connectivity index (χ4n) is 3.23. The van der Waals surface area contributed by atoms with Gasteiger partial charge in [0, 0.05) is 38.8 Å². The number of hydrogen-bond acceptors (Lipinski definition) is 6. The van der Waals surface area contributed by atoms with E-state index >= 15 is 0 Å². The van der Waals surface area contributed by atoms with Crippen molar-refractivity contribution in [2.24, 2.45) is 5.92 Å². The number of nitrogens with zero attached hydrogens (tertiary/aromatic N) is 4. The standard InChI is InChI=1S/C14H21FN4OS/c1-21-13-12(15)6-16-14(17-13)19-5-4-18-7-10(9-20)2-3-11(18)8-19/h6,10-11,20H,2-5,7-9H2,1H3/t10-,11+/m1/s1. The van der Waals surface area contributed by atoms with E-state index in [2.05, 4.69) is 19.8 Å². The van der Waals surface area contributed by atoms with Crippen LogP contribution in [0.4, 0.5) is 10.3 Å². The number of hydrogen-bond donors (Lipinski definition) is 1. The van der Waals surface area contributed by atoms with Gasteiger partial charge in [0.15, 0.2) is 5.82 Å². The van der Waals surface area contributed by atoms with Crippen molar-refractivity contribution in [3.63, 3.8) is 0 Å². The molecule has 1 aromatic rings. The van der Waals surface area contributed by atoms with Crippen LogP contribution in [-0.4, -0.2) is 65.1 Å². The number of aliphatic hydroxyl groups is 1. The first-order chi connectivity index (χ1) is 10.2. The van der Waals surface area contributed by atoms with Gasteiger partial charge in [0.25, 0.3) is 0 Å². The van der Waals surface area contributed by atoms with Gasteiger partial charge in [0.05, 0.1) is 6.20 Å². The summed E-state index contributed by atoms with van der Waals surface area (Å²) >= 11 is 1.31. The molecule has 0 amide bonds. The van der Waals surface area contributed by atoms with E-state index in [9.17, 15) is 9.50 Å².